The third-order valence-corrected chi connectivity index (χ3v) is 3.81. The molecule has 7 heteroatoms. The van der Waals surface area contributed by atoms with Crippen LogP contribution in [0.5, 0.6) is 0 Å². The first kappa shape index (κ1) is 20.7. The van der Waals surface area contributed by atoms with Crippen LogP contribution in [-0.4, -0.2) is 56.5 Å². The van der Waals surface area contributed by atoms with E-state index in [0.717, 1.165) is 25.7 Å². The second kappa shape index (κ2) is 10.5. The van der Waals surface area contributed by atoms with Gasteiger partial charge in [-0.1, -0.05) is 0 Å². The number of alkyl carbamates (subject to hydrolysis) is 1. The monoisotopic (exact) mass is 343 g/mol. The Hall–Kier alpha value is -1.34. The molecule has 1 aliphatic rings. The van der Waals surface area contributed by atoms with Crippen LogP contribution in [0.2, 0.25) is 0 Å². The van der Waals surface area contributed by atoms with Crippen LogP contribution < -0.4 is 16.0 Å². The number of hydrogen-bond donors (Lipinski definition) is 3. The summed E-state index contributed by atoms with van der Waals surface area (Å²) in [6.07, 6.45) is 4.05. The van der Waals surface area contributed by atoms with Crippen molar-refractivity contribution in [2.24, 2.45) is 0 Å². The van der Waals surface area contributed by atoms with Crippen molar-refractivity contribution < 1.29 is 19.1 Å². The minimum absolute atomic E-state index is 0.0267. The van der Waals surface area contributed by atoms with Crippen LogP contribution in [0, 0.1) is 0 Å². The third kappa shape index (κ3) is 9.72. The van der Waals surface area contributed by atoms with Gasteiger partial charge in [0.05, 0.1) is 6.61 Å². The molecule has 2 amide bonds. The number of rotatable bonds is 8. The van der Waals surface area contributed by atoms with E-state index in [2.05, 4.69) is 16.0 Å². The molecule has 1 fully saturated rings. The first-order valence-corrected chi connectivity index (χ1v) is 8.78. The Labute approximate surface area is 145 Å². The minimum Gasteiger partial charge on any atom is -0.444 e. The molecule has 2 unspecified atom stereocenters. The summed E-state index contributed by atoms with van der Waals surface area (Å²) in [6, 6.07) is 0.451. The largest absolute Gasteiger partial charge is 0.444 e. The number of carbonyl (C=O) groups is 2. The van der Waals surface area contributed by atoms with Crippen molar-refractivity contribution in [3.05, 3.63) is 0 Å². The predicted octanol–water partition coefficient (Wildman–Crippen LogP) is 1.56. The molecule has 1 rings (SSSR count). The normalized spacial score (nSPS) is 21.2. The summed E-state index contributed by atoms with van der Waals surface area (Å²) in [7, 11) is 1.61. The summed E-state index contributed by atoms with van der Waals surface area (Å²) >= 11 is 0. The summed E-state index contributed by atoms with van der Waals surface area (Å²) < 4.78 is 10.2. The lowest BCUT2D eigenvalue weighted by Gasteiger charge is -2.31. The van der Waals surface area contributed by atoms with E-state index in [1.54, 1.807) is 7.11 Å². The number of methoxy groups -OCH3 is 1. The molecule has 1 aliphatic carbocycles. The van der Waals surface area contributed by atoms with Crippen LogP contribution in [0.1, 0.15) is 52.9 Å². The molecule has 7 nitrogen and oxygen atoms in total. The number of ether oxygens (including phenoxy) is 2. The number of nitrogens with one attached hydrogen (secondary N) is 3. The van der Waals surface area contributed by atoms with Gasteiger partial charge in [-0.25, -0.2) is 4.79 Å². The molecule has 0 aromatic heterocycles. The Bertz CT molecular complexity index is 396. The fraction of sp³-hybridized carbons (Fsp3) is 0.882. The van der Waals surface area contributed by atoms with Gasteiger partial charge in [-0.05, 0) is 46.5 Å². The fourth-order valence-electron chi connectivity index (χ4n) is 2.75. The second-order valence-electron chi connectivity index (χ2n) is 7.25. The van der Waals surface area contributed by atoms with Crippen molar-refractivity contribution in [2.45, 2.75) is 70.6 Å². The summed E-state index contributed by atoms with van der Waals surface area (Å²) in [5, 5.41) is 9.16. The fourth-order valence-corrected chi connectivity index (χ4v) is 2.75. The van der Waals surface area contributed by atoms with E-state index in [-0.39, 0.29) is 18.0 Å². The van der Waals surface area contributed by atoms with Gasteiger partial charge in [-0.2, -0.15) is 0 Å². The molecule has 0 heterocycles. The highest BCUT2D eigenvalue weighted by molar-refractivity contribution is 5.76. The van der Waals surface area contributed by atoms with Crippen LogP contribution in [0.4, 0.5) is 4.79 Å². The summed E-state index contributed by atoms with van der Waals surface area (Å²) in [5.74, 6) is 0.0267. The quantitative estimate of drug-likeness (QED) is 0.582. The van der Waals surface area contributed by atoms with Crippen molar-refractivity contribution in [2.75, 3.05) is 26.8 Å². The standard InChI is InChI=1S/C17H33N3O4/c1-17(2,3)24-16(22)20-14-7-5-6-13(12-14)18-9-8-15(21)19-10-11-23-4/h13-14,18H,5-12H2,1-4H3,(H,19,21)(H,20,22). The van der Waals surface area contributed by atoms with Gasteiger partial charge in [0, 0.05) is 38.7 Å². The zero-order valence-electron chi connectivity index (χ0n) is 15.4. The van der Waals surface area contributed by atoms with Gasteiger partial charge in [0.1, 0.15) is 5.60 Å². The summed E-state index contributed by atoms with van der Waals surface area (Å²) in [5.41, 5.74) is -0.480. The maximum atomic E-state index is 11.8. The van der Waals surface area contributed by atoms with Gasteiger partial charge in [-0.15, -0.1) is 0 Å². The van der Waals surface area contributed by atoms with E-state index < -0.39 is 5.60 Å². The van der Waals surface area contributed by atoms with Crippen LogP contribution in [-0.2, 0) is 14.3 Å². The lowest BCUT2D eigenvalue weighted by Crippen LogP contribution is -2.46. The van der Waals surface area contributed by atoms with E-state index in [1.807, 2.05) is 20.8 Å². The Balaban J connectivity index is 2.21. The second-order valence-corrected chi connectivity index (χ2v) is 7.25. The first-order chi connectivity index (χ1) is 11.3. The zero-order valence-corrected chi connectivity index (χ0v) is 15.4. The van der Waals surface area contributed by atoms with E-state index >= 15 is 0 Å². The summed E-state index contributed by atoms with van der Waals surface area (Å²) in [4.78, 5) is 23.5. The number of carbonyl (C=O) groups excluding carboxylic acids is 2. The molecule has 24 heavy (non-hydrogen) atoms. The van der Waals surface area contributed by atoms with Gasteiger partial charge in [-0.3, -0.25) is 4.79 Å². The molecule has 0 aromatic carbocycles. The van der Waals surface area contributed by atoms with Gasteiger partial charge in [0.25, 0.3) is 0 Å². The highest BCUT2D eigenvalue weighted by Gasteiger charge is 2.25. The van der Waals surface area contributed by atoms with Crippen LogP contribution in [0.25, 0.3) is 0 Å². The van der Waals surface area contributed by atoms with E-state index in [9.17, 15) is 9.59 Å². The average Bonchev–Trinajstić information content (AvgIpc) is 2.46. The van der Waals surface area contributed by atoms with Crippen LogP contribution in [0.15, 0.2) is 0 Å². The average molecular weight is 343 g/mol. The minimum atomic E-state index is -0.480. The van der Waals surface area contributed by atoms with Crippen molar-refractivity contribution in [3.63, 3.8) is 0 Å². The van der Waals surface area contributed by atoms with Crippen molar-refractivity contribution in [1.82, 2.24) is 16.0 Å². The molecule has 1 saturated carbocycles. The SMILES string of the molecule is COCCNC(=O)CCNC1CCCC(NC(=O)OC(C)(C)C)C1. The first-order valence-electron chi connectivity index (χ1n) is 8.78. The Kier molecular flexibility index (Phi) is 9.07. The lowest BCUT2D eigenvalue weighted by atomic mass is 9.91. The molecule has 0 saturated heterocycles. The third-order valence-electron chi connectivity index (χ3n) is 3.81. The number of amides is 2. The zero-order chi connectivity index (χ0) is 18.0. The van der Waals surface area contributed by atoms with Crippen LogP contribution in [0.3, 0.4) is 0 Å². The highest BCUT2D eigenvalue weighted by atomic mass is 16.6. The maximum absolute atomic E-state index is 11.8. The van der Waals surface area contributed by atoms with Crippen molar-refractivity contribution in [1.29, 1.82) is 0 Å². The topological polar surface area (TPSA) is 88.7 Å². The predicted molar refractivity (Wildman–Crippen MR) is 92.9 cm³/mol. The van der Waals surface area contributed by atoms with Crippen molar-refractivity contribution in [3.8, 4) is 0 Å². The molecule has 3 N–H and O–H groups in total. The maximum Gasteiger partial charge on any atom is 0.407 e. The van der Waals surface area contributed by atoms with Gasteiger partial charge in [0.2, 0.25) is 5.91 Å². The molecule has 0 aromatic rings. The number of hydrogen-bond acceptors (Lipinski definition) is 5. The lowest BCUT2D eigenvalue weighted by molar-refractivity contribution is -0.121. The molecule has 0 aliphatic heterocycles. The smallest absolute Gasteiger partial charge is 0.407 e. The van der Waals surface area contributed by atoms with Gasteiger partial charge >= 0.3 is 6.09 Å². The van der Waals surface area contributed by atoms with Gasteiger partial charge < -0.3 is 25.4 Å². The van der Waals surface area contributed by atoms with E-state index in [4.69, 9.17) is 9.47 Å². The van der Waals surface area contributed by atoms with Gasteiger partial charge in [0.15, 0.2) is 0 Å². The van der Waals surface area contributed by atoms with Crippen molar-refractivity contribution >= 4 is 12.0 Å². The van der Waals surface area contributed by atoms with Crippen LogP contribution >= 0.6 is 0 Å². The Morgan fingerprint density at radius 2 is 1.83 bits per heavy atom. The molecule has 2 atom stereocenters. The Morgan fingerprint density at radius 3 is 2.50 bits per heavy atom. The highest BCUT2D eigenvalue weighted by Crippen LogP contribution is 2.19. The molecule has 0 spiro atoms. The molecule has 0 bridgehead atoms. The molecular weight excluding hydrogens is 310 g/mol. The van der Waals surface area contributed by atoms with E-state index in [0.29, 0.717) is 32.2 Å². The molecular formula is C17H33N3O4. The molecule has 140 valence electrons. The Morgan fingerprint density at radius 1 is 1.12 bits per heavy atom. The molecule has 0 radical (unpaired) electrons. The summed E-state index contributed by atoms with van der Waals surface area (Å²) in [6.45, 7) is 7.28. The van der Waals surface area contributed by atoms with E-state index in [1.165, 1.54) is 0 Å².